The number of nitrogens with zero attached hydrogens (tertiary/aromatic N) is 2. The molecule has 0 aromatic heterocycles. The number of hydrogen-bond acceptors (Lipinski definition) is 10. The van der Waals surface area contributed by atoms with Gasteiger partial charge in [0.15, 0.2) is 0 Å². The van der Waals surface area contributed by atoms with Crippen molar-refractivity contribution in [3.63, 3.8) is 0 Å². The fraction of sp³-hybridized carbons (Fsp3) is 0.250. The minimum Gasteiger partial charge on any atom is -0.497 e. The van der Waals surface area contributed by atoms with E-state index in [4.69, 9.17) is 24.7 Å². The molecule has 2 N–H and O–H groups in total. The van der Waals surface area contributed by atoms with E-state index in [1.165, 1.54) is 45.0 Å². The summed E-state index contributed by atoms with van der Waals surface area (Å²) >= 11 is 1.24. The monoisotopic (exact) mass is 497 g/mol. The van der Waals surface area contributed by atoms with Crippen molar-refractivity contribution in [1.82, 2.24) is 0 Å². The summed E-state index contributed by atoms with van der Waals surface area (Å²) in [5, 5.41) is 21.5. The van der Waals surface area contributed by atoms with E-state index in [2.05, 4.69) is 0 Å². The van der Waals surface area contributed by atoms with Crippen LogP contribution in [0, 0.1) is 21.4 Å². The Labute approximate surface area is 206 Å². The van der Waals surface area contributed by atoms with Gasteiger partial charge in [-0.05, 0) is 43.7 Å². The van der Waals surface area contributed by atoms with Gasteiger partial charge in [-0.2, -0.15) is 5.26 Å². The van der Waals surface area contributed by atoms with Gasteiger partial charge in [0, 0.05) is 17.0 Å². The van der Waals surface area contributed by atoms with Crippen molar-refractivity contribution in [1.29, 1.82) is 5.26 Å². The van der Waals surface area contributed by atoms with Crippen molar-refractivity contribution >= 4 is 23.4 Å². The van der Waals surface area contributed by atoms with E-state index in [-0.39, 0.29) is 35.1 Å². The molecule has 1 aliphatic heterocycles. The quantitative estimate of drug-likeness (QED) is 0.316. The Kier molecular flexibility index (Phi) is 7.88. The minimum absolute atomic E-state index is 0.0394. The smallest absolute Gasteiger partial charge is 0.338 e. The molecule has 10 nitrogen and oxygen atoms in total. The van der Waals surface area contributed by atoms with E-state index in [0.29, 0.717) is 26.9 Å². The Hall–Kier alpha value is -4.17. The highest BCUT2D eigenvalue weighted by Crippen LogP contribution is 2.47. The molecule has 2 aromatic rings. The van der Waals surface area contributed by atoms with Crippen LogP contribution in [-0.2, 0) is 14.3 Å². The number of nitro groups is 1. The molecule has 2 aromatic carbocycles. The van der Waals surface area contributed by atoms with Crippen molar-refractivity contribution in [2.45, 2.75) is 29.6 Å². The molecule has 3 rings (SSSR count). The summed E-state index contributed by atoms with van der Waals surface area (Å²) in [7, 11) is 3.05. The third kappa shape index (κ3) is 5.17. The van der Waals surface area contributed by atoms with Crippen molar-refractivity contribution < 1.29 is 28.7 Å². The number of non-ortho nitro benzene ring substituents is 1. The van der Waals surface area contributed by atoms with Crippen LogP contribution < -0.4 is 15.2 Å². The lowest BCUT2D eigenvalue weighted by Crippen LogP contribution is -2.26. The van der Waals surface area contributed by atoms with Crippen LogP contribution in [0.2, 0.25) is 0 Å². The van der Waals surface area contributed by atoms with E-state index in [9.17, 15) is 20.2 Å². The van der Waals surface area contributed by atoms with Crippen LogP contribution in [-0.4, -0.2) is 31.7 Å². The SMILES string of the molecule is CCOC(=O)C1=C(C)OC(N)=C(C#N)C1c1cc([N+](=O)[O-])ccc1Sc1cc(OC)ccc1OC. The van der Waals surface area contributed by atoms with E-state index in [0.717, 1.165) is 0 Å². The predicted molar refractivity (Wildman–Crippen MR) is 127 cm³/mol. The summed E-state index contributed by atoms with van der Waals surface area (Å²) in [6.45, 7) is 3.25. The highest BCUT2D eigenvalue weighted by atomic mass is 32.2. The number of carbonyl (C=O) groups excluding carboxylic acids is 1. The number of nitro benzene ring substituents is 1. The molecule has 1 heterocycles. The van der Waals surface area contributed by atoms with Crippen molar-refractivity contribution in [2.24, 2.45) is 5.73 Å². The second kappa shape index (κ2) is 10.8. The third-order valence-corrected chi connectivity index (χ3v) is 6.34. The zero-order valence-corrected chi connectivity index (χ0v) is 20.3. The van der Waals surface area contributed by atoms with Crippen LogP contribution in [0.5, 0.6) is 11.5 Å². The Morgan fingerprint density at radius 2 is 1.97 bits per heavy atom. The van der Waals surface area contributed by atoms with Crippen molar-refractivity contribution in [3.05, 3.63) is 74.9 Å². The average Bonchev–Trinajstić information content (AvgIpc) is 2.83. The van der Waals surface area contributed by atoms with Crippen LogP contribution >= 0.6 is 11.8 Å². The lowest BCUT2D eigenvalue weighted by atomic mass is 9.83. The normalized spacial score (nSPS) is 15.2. The molecule has 0 amide bonds. The summed E-state index contributed by atoms with van der Waals surface area (Å²) in [6.07, 6.45) is 0. The molecule has 0 fully saturated rings. The van der Waals surface area contributed by atoms with Gasteiger partial charge in [0.25, 0.3) is 5.69 Å². The molecule has 0 saturated heterocycles. The predicted octanol–water partition coefficient (Wildman–Crippen LogP) is 4.41. The number of hydrogen-bond donors (Lipinski definition) is 1. The maximum atomic E-state index is 12.9. The van der Waals surface area contributed by atoms with Gasteiger partial charge in [0.05, 0.1) is 42.1 Å². The lowest BCUT2D eigenvalue weighted by molar-refractivity contribution is -0.385. The first-order chi connectivity index (χ1) is 16.7. The molecule has 0 aliphatic carbocycles. The van der Waals surface area contributed by atoms with Crippen molar-refractivity contribution in [3.8, 4) is 17.6 Å². The number of esters is 1. The Bertz CT molecular complexity index is 1280. The average molecular weight is 498 g/mol. The molecule has 182 valence electrons. The molecular formula is C24H23N3O7S. The summed E-state index contributed by atoms with van der Waals surface area (Å²) < 4.78 is 21.4. The van der Waals surface area contributed by atoms with E-state index in [1.54, 1.807) is 31.2 Å². The molecule has 1 unspecified atom stereocenters. The second-order valence-corrected chi connectivity index (χ2v) is 8.30. The molecular weight excluding hydrogens is 474 g/mol. The molecule has 11 heteroatoms. The molecule has 1 atom stereocenters. The van der Waals surface area contributed by atoms with Gasteiger partial charge in [-0.15, -0.1) is 0 Å². The number of nitrogens with two attached hydrogens (primary N) is 1. The Balaban J connectivity index is 2.28. The standard InChI is InChI=1S/C24H23N3O7S/c1-5-33-24(28)21-13(2)34-23(26)17(12-25)22(21)16-10-14(27(29)30)6-9-19(16)35-20-11-15(31-3)7-8-18(20)32-4/h6-11,22H,5,26H2,1-4H3. The summed E-state index contributed by atoms with van der Waals surface area (Å²) in [6, 6.07) is 11.4. The molecule has 0 saturated carbocycles. The van der Waals surface area contributed by atoms with Crippen LogP contribution in [0.4, 0.5) is 5.69 Å². The maximum absolute atomic E-state index is 12.9. The fourth-order valence-electron chi connectivity index (χ4n) is 3.62. The van der Waals surface area contributed by atoms with Crippen LogP contribution in [0.25, 0.3) is 0 Å². The Morgan fingerprint density at radius 3 is 2.57 bits per heavy atom. The molecule has 0 bridgehead atoms. The lowest BCUT2D eigenvalue weighted by Gasteiger charge is -2.28. The van der Waals surface area contributed by atoms with Gasteiger partial charge >= 0.3 is 5.97 Å². The third-order valence-electron chi connectivity index (χ3n) is 5.21. The number of rotatable bonds is 8. The highest BCUT2D eigenvalue weighted by Gasteiger charge is 2.38. The van der Waals surface area contributed by atoms with Gasteiger partial charge in [-0.3, -0.25) is 10.1 Å². The number of methoxy groups -OCH3 is 2. The second-order valence-electron chi connectivity index (χ2n) is 7.21. The van der Waals surface area contributed by atoms with Crippen molar-refractivity contribution in [2.75, 3.05) is 20.8 Å². The topological polar surface area (TPSA) is 147 Å². The first kappa shape index (κ1) is 25.5. The minimum atomic E-state index is -1.05. The number of carbonyl (C=O) groups is 1. The van der Waals surface area contributed by atoms with E-state index in [1.807, 2.05) is 6.07 Å². The summed E-state index contributed by atoms with van der Waals surface area (Å²) in [4.78, 5) is 25.2. The number of ether oxygens (including phenoxy) is 4. The molecule has 0 radical (unpaired) electrons. The maximum Gasteiger partial charge on any atom is 0.338 e. The highest BCUT2D eigenvalue weighted by molar-refractivity contribution is 7.99. The van der Waals surface area contributed by atoms with Crippen LogP contribution in [0.3, 0.4) is 0 Å². The zero-order valence-electron chi connectivity index (χ0n) is 19.5. The van der Waals surface area contributed by atoms with E-state index < -0.39 is 16.8 Å². The fourth-order valence-corrected chi connectivity index (χ4v) is 4.71. The molecule has 35 heavy (non-hydrogen) atoms. The van der Waals surface area contributed by atoms with Gasteiger partial charge in [-0.25, -0.2) is 4.79 Å². The van der Waals surface area contributed by atoms with Gasteiger partial charge in [0.2, 0.25) is 5.88 Å². The number of nitriles is 1. The van der Waals surface area contributed by atoms with Crippen LogP contribution in [0.1, 0.15) is 25.3 Å². The van der Waals surface area contributed by atoms with Gasteiger partial charge < -0.3 is 24.7 Å². The zero-order chi connectivity index (χ0) is 25.7. The summed E-state index contributed by atoms with van der Waals surface area (Å²) in [5.74, 6) is -0.688. The summed E-state index contributed by atoms with van der Waals surface area (Å²) in [5.41, 5.74) is 6.08. The molecule has 1 aliphatic rings. The number of benzene rings is 2. The first-order valence-electron chi connectivity index (χ1n) is 10.4. The van der Waals surface area contributed by atoms with E-state index >= 15 is 0 Å². The molecule has 0 spiro atoms. The number of allylic oxidation sites excluding steroid dienone is 2. The van der Waals surface area contributed by atoms with Gasteiger partial charge in [-0.1, -0.05) is 11.8 Å². The van der Waals surface area contributed by atoms with Crippen LogP contribution in [0.15, 0.2) is 69.0 Å². The van der Waals surface area contributed by atoms with Gasteiger partial charge in [0.1, 0.15) is 28.9 Å². The largest absolute Gasteiger partial charge is 0.497 e. The first-order valence-corrected chi connectivity index (χ1v) is 11.2. The Morgan fingerprint density at radius 1 is 1.23 bits per heavy atom.